The highest BCUT2D eigenvalue weighted by molar-refractivity contribution is 9.10. The van der Waals surface area contributed by atoms with E-state index in [-0.39, 0.29) is 22.6 Å². The van der Waals surface area contributed by atoms with Gasteiger partial charge in [0.05, 0.1) is 6.20 Å². The van der Waals surface area contributed by atoms with Crippen LogP contribution in [0.15, 0.2) is 17.0 Å². The second-order valence-electron chi connectivity index (χ2n) is 2.22. The molecular formula is C5H9BrN6. The Morgan fingerprint density at radius 3 is 2.75 bits per heavy atom. The number of nitrogens with zero attached hydrogens (tertiary/aromatic N) is 2. The highest BCUT2D eigenvalue weighted by Gasteiger charge is 2.22. The van der Waals surface area contributed by atoms with Crippen molar-refractivity contribution in [2.45, 2.75) is 4.95 Å². The van der Waals surface area contributed by atoms with Crippen LogP contribution in [0, 0.1) is 5.41 Å². The Bertz CT molecular complexity index is 269. The second-order valence-corrected chi connectivity index (χ2v) is 3.09. The predicted molar refractivity (Wildman–Crippen MR) is 50.4 cm³/mol. The number of halogens is 1. The maximum atomic E-state index is 7.16. The third-order valence-electron chi connectivity index (χ3n) is 1.30. The minimum atomic E-state index is -0.387. The van der Waals surface area contributed by atoms with Crippen molar-refractivity contribution in [3.8, 4) is 0 Å². The molecule has 1 aliphatic rings. The van der Waals surface area contributed by atoms with Crippen LogP contribution in [0.25, 0.3) is 0 Å². The zero-order chi connectivity index (χ0) is 9.30. The fourth-order valence-electron chi connectivity index (χ4n) is 0.773. The molecule has 7 heteroatoms. The first-order valence-electron chi connectivity index (χ1n) is 3.10. The van der Waals surface area contributed by atoms with Gasteiger partial charge in [-0.25, -0.2) is 4.99 Å². The van der Waals surface area contributed by atoms with Gasteiger partial charge in [0, 0.05) is 0 Å². The smallest absolute Gasteiger partial charge is 0.193 e. The Balaban J connectivity index is 2.94. The average Bonchev–Trinajstić information content (AvgIpc) is 1.96. The summed E-state index contributed by atoms with van der Waals surface area (Å²) in [5.41, 5.74) is 16.1. The molecule has 0 aliphatic carbocycles. The topological polar surface area (TPSA) is 118 Å². The largest absolute Gasteiger partial charge is 0.385 e. The van der Waals surface area contributed by atoms with Gasteiger partial charge in [0.2, 0.25) is 0 Å². The van der Waals surface area contributed by atoms with Crippen LogP contribution in [0.1, 0.15) is 0 Å². The number of alkyl halides is 1. The molecule has 0 radical (unpaired) electrons. The maximum Gasteiger partial charge on any atom is 0.193 e. The van der Waals surface area contributed by atoms with Crippen molar-refractivity contribution in [1.29, 1.82) is 5.41 Å². The normalized spacial score (nSPS) is 23.1. The summed E-state index contributed by atoms with van der Waals surface area (Å²) in [5, 5.41) is 7.16. The summed E-state index contributed by atoms with van der Waals surface area (Å²) in [7, 11) is 0. The Morgan fingerprint density at radius 1 is 1.67 bits per heavy atom. The summed E-state index contributed by atoms with van der Waals surface area (Å²) in [4.78, 5) is 4.77. The number of amidine groups is 1. The Hall–Kier alpha value is -1.24. The van der Waals surface area contributed by atoms with Gasteiger partial charge in [-0.2, -0.15) is 0 Å². The van der Waals surface area contributed by atoms with Crippen LogP contribution in [-0.4, -0.2) is 21.6 Å². The third kappa shape index (κ3) is 1.50. The van der Waals surface area contributed by atoms with Gasteiger partial charge < -0.3 is 17.2 Å². The van der Waals surface area contributed by atoms with Crippen molar-refractivity contribution in [3.05, 3.63) is 12.0 Å². The van der Waals surface area contributed by atoms with E-state index < -0.39 is 0 Å². The molecule has 0 saturated carbocycles. The van der Waals surface area contributed by atoms with Crippen LogP contribution in [0.4, 0.5) is 0 Å². The highest BCUT2D eigenvalue weighted by atomic mass is 79.9. The molecule has 0 saturated heterocycles. The molecule has 12 heavy (non-hydrogen) atoms. The number of nitrogens with two attached hydrogens (primary N) is 3. The summed E-state index contributed by atoms with van der Waals surface area (Å²) in [6.07, 6.45) is 1.44. The van der Waals surface area contributed by atoms with E-state index in [0.717, 1.165) is 0 Å². The van der Waals surface area contributed by atoms with E-state index >= 15 is 0 Å². The maximum absolute atomic E-state index is 7.16. The van der Waals surface area contributed by atoms with Crippen molar-refractivity contribution in [2.24, 2.45) is 22.2 Å². The number of hydrogen-bond acceptors (Lipinski definition) is 4. The van der Waals surface area contributed by atoms with Gasteiger partial charge >= 0.3 is 0 Å². The first-order chi connectivity index (χ1) is 5.52. The van der Waals surface area contributed by atoms with Gasteiger partial charge in [-0.3, -0.25) is 10.3 Å². The molecule has 1 rings (SSSR count). The van der Waals surface area contributed by atoms with Crippen LogP contribution in [0.5, 0.6) is 0 Å². The minimum Gasteiger partial charge on any atom is -0.385 e. The zero-order valence-corrected chi connectivity index (χ0v) is 7.75. The molecule has 0 amide bonds. The molecule has 0 spiro atoms. The van der Waals surface area contributed by atoms with Gasteiger partial charge in [-0.1, -0.05) is 15.9 Å². The molecule has 6 nitrogen and oxygen atoms in total. The van der Waals surface area contributed by atoms with E-state index in [1.54, 1.807) is 0 Å². The second kappa shape index (κ2) is 3.02. The molecule has 1 unspecified atom stereocenters. The fraction of sp³-hybridized carbons (Fsp3) is 0.200. The Kier molecular flexibility index (Phi) is 2.22. The highest BCUT2D eigenvalue weighted by Crippen LogP contribution is 2.13. The van der Waals surface area contributed by atoms with Gasteiger partial charge in [0.1, 0.15) is 16.6 Å². The number of rotatable bonds is 0. The van der Waals surface area contributed by atoms with E-state index in [2.05, 4.69) is 20.9 Å². The standard InChI is InChI=1S/C5H9BrN6/c6-3-4(8)11-2(7)1-12(3)5(9)10/h1,3H,7H2,(H2,8,11)(H3,9,10). The number of guanidine groups is 1. The third-order valence-corrected chi connectivity index (χ3v) is 2.21. The van der Waals surface area contributed by atoms with Crippen molar-refractivity contribution in [1.82, 2.24) is 4.90 Å². The molecule has 1 atom stereocenters. The van der Waals surface area contributed by atoms with Crippen molar-refractivity contribution < 1.29 is 0 Å². The van der Waals surface area contributed by atoms with Crippen molar-refractivity contribution >= 4 is 27.7 Å². The summed E-state index contributed by atoms with van der Waals surface area (Å²) >= 11 is 3.20. The minimum absolute atomic E-state index is 0.141. The van der Waals surface area contributed by atoms with Crippen LogP contribution in [0.2, 0.25) is 0 Å². The summed E-state index contributed by atoms with van der Waals surface area (Å²) in [5.74, 6) is 0.376. The summed E-state index contributed by atoms with van der Waals surface area (Å²) < 4.78 is 0. The fourth-order valence-corrected chi connectivity index (χ4v) is 1.21. The molecule has 0 bridgehead atoms. The van der Waals surface area contributed by atoms with Gasteiger partial charge in [0.25, 0.3) is 0 Å². The van der Waals surface area contributed by atoms with Crippen molar-refractivity contribution in [3.63, 3.8) is 0 Å². The van der Waals surface area contributed by atoms with E-state index in [4.69, 9.17) is 22.6 Å². The van der Waals surface area contributed by atoms with E-state index in [9.17, 15) is 0 Å². The molecule has 0 aromatic heterocycles. The lowest BCUT2D eigenvalue weighted by Crippen LogP contribution is -2.46. The van der Waals surface area contributed by atoms with E-state index in [0.29, 0.717) is 0 Å². The molecule has 0 aromatic carbocycles. The molecular weight excluding hydrogens is 224 g/mol. The van der Waals surface area contributed by atoms with Crippen LogP contribution in [-0.2, 0) is 0 Å². The molecule has 7 N–H and O–H groups in total. The van der Waals surface area contributed by atoms with Crippen LogP contribution < -0.4 is 17.2 Å². The van der Waals surface area contributed by atoms with E-state index in [1.165, 1.54) is 11.1 Å². The first kappa shape index (κ1) is 8.85. The summed E-state index contributed by atoms with van der Waals surface area (Å²) in [6, 6.07) is 0. The van der Waals surface area contributed by atoms with Crippen LogP contribution in [0.3, 0.4) is 0 Å². The van der Waals surface area contributed by atoms with Crippen LogP contribution >= 0.6 is 15.9 Å². The van der Waals surface area contributed by atoms with Crippen molar-refractivity contribution in [2.75, 3.05) is 0 Å². The number of nitrogens with one attached hydrogen (secondary N) is 1. The number of aliphatic imine (C=N–C) groups is 1. The lowest BCUT2D eigenvalue weighted by Gasteiger charge is -2.26. The van der Waals surface area contributed by atoms with Gasteiger partial charge in [-0.05, 0) is 0 Å². The van der Waals surface area contributed by atoms with Gasteiger partial charge in [-0.15, -0.1) is 0 Å². The molecule has 1 heterocycles. The quantitative estimate of drug-likeness (QED) is 0.186. The first-order valence-corrected chi connectivity index (χ1v) is 4.01. The Morgan fingerprint density at radius 2 is 2.25 bits per heavy atom. The lowest BCUT2D eigenvalue weighted by molar-refractivity contribution is 0.578. The zero-order valence-electron chi connectivity index (χ0n) is 6.16. The Labute approximate surface area is 77.7 Å². The van der Waals surface area contributed by atoms with Gasteiger partial charge in [0.15, 0.2) is 5.96 Å². The van der Waals surface area contributed by atoms with E-state index in [1.807, 2.05) is 0 Å². The summed E-state index contributed by atoms with van der Waals surface area (Å²) in [6.45, 7) is 0. The predicted octanol–water partition coefficient (Wildman–Crippen LogP) is -0.969. The molecule has 66 valence electrons. The average molecular weight is 233 g/mol. The molecule has 1 aliphatic heterocycles. The molecule has 0 aromatic rings. The monoisotopic (exact) mass is 232 g/mol. The SMILES string of the molecule is N=C(N)N1C=C(N)N=C(N)C1Br. The lowest BCUT2D eigenvalue weighted by atomic mass is 10.4. The number of hydrogen-bond donors (Lipinski definition) is 4. The molecule has 0 fully saturated rings.